The SMILES string of the molecule is CCc1ccc(N2CC(CNS(=O)(=O)Cc3ccccc3)OC2=O)cc1. The third kappa shape index (κ3) is 4.62. The van der Waals surface area contributed by atoms with Gasteiger partial charge in [0.05, 0.1) is 12.3 Å². The summed E-state index contributed by atoms with van der Waals surface area (Å²) < 4.78 is 32.2. The first-order valence-corrected chi connectivity index (χ1v) is 10.2. The smallest absolute Gasteiger partial charge is 0.414 e. The van der Waals surface area contributed by atoms with E-state index in [9.17, 15) is 13.2 Å². The number of ether oxygens (including phenoxy) is 1. The summed E-state index contributed by atoms with van der Waals surface area (Å²) in [6.07, 6.45) is -0.0447. The maximum absolute atomic E-state index is 12.2. The fourth-order valence-corrected chi connectivity index (χ4v) is 3.99. The summed E-state index contributed by atoms with van der Waals surface area (Å²) in [5.74, 6) is -0.100. The highest BCUT2D eigenvalue weighted by Crippen LogP contribution is 2.22. The molecule has 1 fully saturated rings. The maximum Gasteiger partial charge on any atom is 0.414 e. The van der Waals surface area contributed by atoms with E-state index < -0.39 is 22.2 Å². The topological polar surface area (TPSA) is 75.7 Å². The van der Waals surface area contributed by atoms with Crippen LogP contribution in [0.5, 0.6) is 0 Å². The lowest BCUT2D eigenvalue weighted by Gasteiger charge is -2.13. The average Bonchev–Trinajstić information content (AvgIpc) is 3.01. The molecule has 0 bridgehead atoms. The van der Waals surface area contributed by atoms with Crippen molar-refractivity contribution < 1.29 is 17.9 Å². The lowest BCUT2D eigenvalue weighted by Crippen LogP contribution is -2.35. The maximum atomic E-state index is 12.2. The van der Waals surface area contributed by atoms with E-state index in [4.69, 9.17) is 4.74 Å². The molecule has 1 heterocycles. The Labute approximate surface area is 153 Å². The Bertz CT molecular complexity index is 851. The van der Waals surface area contributed by atoms with E-state index in [1.807, 2.05) is 30.3 Å². The zero-order chi connectivity index (χ0) is 18.6. The van der Waals surface area contributed by atoms with Gasteiger partial charge in [-0.25, -0.2) is 17.9 Å². The van der Waals surface area contributed by atoms with Crippen molar-refractivity contribution in [3.05, 3.63) is 65.7 Å². The van der Waals surface area contributed by atoms with Gasteiger partial charge < -0.3 is 4.74 Å². The summed E-state index contributed by atoms with van der Waals surface area (Å²) in [6.45, 7) is 2.44. The first-order valence-electron chi connectivity index (χ1n) is 8.55. The number of sulfonamides is 1. The number of nitrogens with zero attached hydrogens (tertiary/aromatic N) is 1. The molecule has 1 aliphatic rings. The van der Waals surface area contributed by atoms with Gasteiger partial charge in [0.25, 0.3) is 0 Å². The molecule has 1 amide bonds. The van der Waals surface area contributed by atoms with E-state index >= 15 is 0 Å². The van der Waals surface area contributed by atoms with Crippen LogP contribution in [0.1, 0.15) is 18.1 Å². The van der Waals surface area contributed by atoms with Gasteiger partial charge in [0, 0.05) is 12.2 Å². The molecule has 6 nitrogen and oxygen atoms in total. The zero-order valence-corrected chi connectivity index (χ0v) is 15.4. The Morgan fingerprint density at radius 1 is 1.08 bits per heavy atom. The molecular weight excluding hydrogens is 352 g/mol. The van der Waals surface area contributed by atoms with Crippen LogP contribution in [0.3, 0.4) is 0 Å². The lowest BCUT2D eigenvalue weighted by atomic mass is 10.1. The predicted octanol–water partition coefficient (Wildman–Crippen LogP) is 2.69. The molecule has 7 heteroatoms. The van der Waals surface area contributed by atoms with E-state index in [1.165, 1.54) is 10.5 Å². The second-order valence-corrected chi connectivity index (χ2v) is 8.04. The highest BCUT2D eigenvalue weighted by molar-refractivity contribution is 7.88. The van der Waals surface area contributed by atoms with Crippen molar-refractivity contribution in [1.82, 2.24) is 4.72 Å². The van der Waals surface area contributed by atoms with Gasteiger partial charge in [-0.15, -0.1) is 0 Å². The minimum atomic E-state index is -3.49. The molecule has 1 saturated heterocycles. The van der Waals surface area contributed by atoms with Crippen LogP contribution in [0, 0.1) is 0 Å². The standard InChI is InChI=1S/C19H22N2O4S/c1-2-15-8-10-17(11-9-15)21-13-18(25-19(21)22)12-20-26(23,24)14-16-6-4-3-5-7-16/h3-11,18,20H,2,12-14H2,1H3. The van der Waals surface area contributed by atoms with Gasteiger partial charge in [0.2, 0.25) is 10.0 Å². The fraction of sp³-hybridized carbons (Fsp3) is 0.316. The van der Waals surface area contributed by atoms with Crippen molar-refractivity contribution >= 4 is 21.8 Å². The van der Waals surface area contributed by atoms with Crippen molar-refractivity contribution in [1.29, 1.82) is 0 Å². The zero-order valence-electron chi connectivity index (χ0n) is 14.6. The summed E-state index contributed by atoms with van der Waals surface area (Å²) in [6, 6.07) is 16.6. The molecule has 2 aromatic carbocycles. The quantitative estimate of drug-likeness (QED) is 0.808. The number of amides is 1. The number of rotatable bonds is 7. The first-order chi connectivity index (χ1) is 12.5. The van der Waals surface area contributed by atoms with Gasteiger partial charge in [-0.3, -0.25) is 4.90 Å². The normalized spacial score (nSPS) is 17.3. The predicted molar refractivity (Wildman–Crippen MR) is 101 cm³/mol. The van der Waals surface area contributed by atoms with Crippen LogP contribution in [-0.2, 0) is 26.9 Å². The summed E-state index contributed by atoms with van der Waals surface area (Å²) in [5.41, 5.74) is 2.65. The van der Waals surface area contributed by atoms with Crippen LogP contribution < -0.4 is 9.62 Å². The molecule has 1 atom stereocenters. The van der Waals surface area contributed by atoms with Crippen LogP contribution >= 0.6 is 0 Å². The van der Waals surface area contributed by atoms with E-state index in [2.05, 4.69) is 11.6 Å². The second-order valence-electron chi connectivity index (χ2n) is 6.23. The summed E-state index contributed by atoms with van der Waals surface area (Å²) in [4.78, 5) is 13.6. The van der Waals surface area contributed by atoms with Crippen LogP contribution in [0.25, 0.3) is 0 Å². The average molecular weight is 374 g/mol. The third-order valence-electron chi connectivity index (χ3n) is 4.26. The number of anilines is 1. The number of hydrogen-bond donors (Lipinski definition) is 1. The number of carbonyl (C=O) groups excluding carboxylic acids is 1. The Balaban J connectivity index is 1.57. The van der Waals surface area contributed by atoms with Crippen LogP contribution in [0.15, 0.2) is 54.6 Å². The van der Waals surface area contributed by atoms with Gasteiger partial charge in [0.1, 0.15) is 6.10 Å². The molecule has 0 saturated carbocycles. The first kappa shape index (κ1) is 18.4. The van der Waals surface area contributed by atoms with Crippen LogP contribution in [0.2, 0.25) is 0 Å². The number of cyclic esters (lactones) is 1. The highest BCUT2D eigenvalue weighted by Gasteiger charge is 2.33. The van der Waals surface area contributed by atoms with Gasteiger partial charge in [-0.05, 0) is 29.7 Å². The van der Waals surface area contributed by atoms with Gasteiger partial charge in [0.15, 0.2) is 0 Å². The Morgan fingerprint density at radius 2 is 1.77 bits per heavy atom. The number of hydrogen-bond acceptors (Lipinski definition) is 4. The molecule has 0 spiro atoms. The molecule has 1 unspecified atom stereocenters. The van der Waals surface area contributed by atoms with E-state index in [0.717, 1.165) is 12.1 Å². The molecule has 26 heavy (non-hydrogen) atoms. The Kier molecular flexibility index (Phi) is 5.58. The van der Waals surface area contributed by atoms with Crippen molar-refractivity contribution in [2.75, 3.05) is 18.0 Å². The molecule has 1 N–H and O–H groups in total. The summed E-state index contributed by atoms with van der Waals surface area (Å²) in [5, 5.41) is 0. The number of benzene rings is 2. The van der Waals surface area contributed by atoms with E-state index in [-0.39, 0.29) is 12.3 Å². The van der Waals surface area contributed by atoms with Gasteiger partial charge in [-0.2, -0.15) is 0 Å². The summed E-state index contributed by atoms with van der Waals surface area (Å²) in [7, 11) is -3.49. The molecule has 1 aliphatic heterocycles. The van der Waals surface area contributed by atoms with Crippen molar-refractivity contribution in [3.8, 4) is 0 Å². The third-order valence-corrected chi connectivity index (χ3v) is 5.58. The molecule has 3 rings (SSSR count). The lowest BCUT2D eigenvalue weighted by molar-refractivity contribution is 0.143. The monoisotopic (exact) mass is 374 g/mol. The molecule has 2 aromatic rings. The van der Waals surface area contributed by atoms with Gasteiger partial charge >= 0.3 is 6.09 Å². The Hall–Kier alpha value is -2.38. The van der Waals surface area contributed by atoms with E-state index in [0.29, 0.717) is 12.1 Å². The largest absolute Gasteiger partial charge is 0.443 e. The summed E-state index contributed by atoms with van der Waals surface area (Å²) >= 11 is 0. The van der Waals surface area contributed by atoms with E-state index in [1.54, 1.807) is 24.3 Å². The van der Waals surface area contributed by atoms with Crippen molar-refractivity contribution in [3.63, 3.8) is 0 Å². The van der Waals surface area contributed by atoms with Crippen LogP contribution in [0.4, 0.5) is 10.5 Å². The number of aryl methyl sites for hydroxylation is 1. The minimum absolute atomic E-state index is 0.0600. The second kappa shape index (κ2) is 7.88. The fourth-order valence-electron chi connectivity index (χ4n) is 2.81. The minimum Gasteiger partial charge on any atom is -0.443 e. The molecule has 0 radical (unpaired) electrons. The molecule has 138 valence electrons. The molecular formula is C19H22N2O4S. The van der Waals surface area contributed by atoms with Crippen molar-refractivity contribution in [2.45, 2.75) is 25.2 Å². The highest BCUT2D eigenvalue weighted by atomic mass is 32.2. The number of carbonyl (C=O) groups is 1. The van der Waals surface area contributed by atoms with Gasteiger partial charge in [-0.1, -0.05) is 49.4 Å². The van der Waals surface area contributed by atoms with Crippen molar-refractivity contribution in [2.24, 2.45) is 0 Å². The Morgan fingerprint density at radius 3 is 2.42 bits per heavy atom. The molecule has 0 aliphatic carbocycles. The van der Waals surface area contributed by atoms with Crippen LogP contribution in [-0.4, -0.2) is 33.7 Å². The molecule has 0 aromatic heterocycles. The number of nitrogens with one attached hydrogen (secondary N) is 1.